The van der Waals surface area contributed by atoms with E-state index in [-0.39, 0.29) is 16.5 Å². The molecule has 1 amide bonds. The number of nitrogens with zero attached hydrogens (tertiary/aromatic N) is 1. The van der Waals surface area contributed by atoms with Gasteiger partial charge in [-0.15, -0.1) is 11.8 Å². The Labute approximate surface area is 142 Å². The number of ether oxygens (including phenoxy) is 2. The molecular weight excluding hydrogens is 312 g/mol. The van der Waals surface area contributed by atoms with Crippen molar-refractivity contribution in [2.24, 2.45) is 0 Å². The molecule has 0 radical (unpaired) electrons. The molecule has 2 rings (SSSR count). The summed E-state index contributed by atoms with van der Waals surface area (Å²) < 4.78 is 10.7. The third-order valence-corrected chi connectivity index (χ3v) is 5.24. The van der Waals surface area contributed by atoms with Gasteiger partial charge in [-0.2, -0.15) is 0 Å². The number of amides is 1. The molecule has 6 heteroatoms. The van der Waals surface area contributed by atoms with Gasteiger partial charge in [0.15, 0.2) is 11.5 Å². The smallest absolute Gasteiger partial charge is 0.236 e. The zero-order valence-electron chi connectivity index (χ0n) is 14.5. The molecule has 1 heterocycles. The first-order valence-electron chi connectivity index (χ1n) is 7.89. The summed E-state index contributed by atoms with van der Waals surface area (Å²) in [6.45, 7) is 7.68. The monoisotopic (exact) mass is 338 g/mol. The van der Waals surface area contributed by atoms with Gasteiger partial charge in [0.05, 0.1) is 19.5 Å². The second-order valence-electron chi connectivity index (χ2n) is 5.89. The minimum absolute atomic E-state index is 0.0197. The normalized spacial score (nSPS) is 21.1. The largest absolute Gasteiger partial charge is 0.493 e. The van der Waals surface area contributed by atoms with E-state index in [4.69, 9.17) is 9.47 Å². The lowest BCUT2D eigenvalue weighted by atomic mass is 10.1. The van der Waals surface area contributed by atoms with Gasteiger partial charge in [0.1, 0.15) is 5.37 Å². The average molecular weight is 338 g/mol. The summed E-state index contributed by atoms with van der Waals surface area (Å²) in [7, 11) is 3.25. The Morgan fingerprint density at radius 2 is 1.96 bits per heavy atom. The van der Waals surface area contributed by atoms with E-state index in [1.165, 1.54) is 0 Å². The number of methoxy groups -OCH3 is 2. The Balaban J connectivity index is 2.19. The first-order valence-corrected chi connectivity index (χ1v) is 8.83. The van der Waals surface area contributed by atoms with Gasteiger partial charge in [-0.1, -0.05) is 19.9 Å². The maximum atomic E-state index is 12.5. The van der Waals surface area contributed by atoms with Crippen molar-refractivity contribution in [3.63, 3.8) is 0 Å². The van der Waals surface area contributed by atoms with Crippen molar-refractivity contribution in [2.75, 3.05) is 27.3 Å². The number of carbonyl (C=O) groups is 1. The van der Waals surface area contributed by atoms with Crippen LogP contribution in [0.2, 0.25) is 0 Å². The lowest BCUT2D eigenvalue weighted by molar-refractivity contribution is -0.129. The molecule has 0 unspecified atom stereocenters. The first kappa shape index (κ1) is 17.9. The molecule has 5 nitrogen and oxygen atoms in total. The van der Waals surface area contributed by atoms with E-state index in [2.05, 4.69) is 19.2 Å². The van der Waals surface area contributed by atoms with Crippen molar-refractivity contribution >= 4 is 17.7 Å². The fraction of sp³-hybridized carbons (Fsp3) is 0.588. The zero-order chi connectivity index (χ0) is 17.0. The van der Waals surface area contributed by atoms with Gasteiger partial charge >= 0.3 is 0 Å². The third-order valence-electron chi connectivity index (χ3n) is 3.84. The highest BCUT2D eigenvalue weighted by molar-refractivity contribution is 8.01. The maximum Gasteiger partial charge on any atom is 0.236 e. The van der Waals surface area contributed by atoms with Gasteiger partial charge in [0.2, 0.25) is 5.91 Å². The molecular formula is C17H26N2O3S. The molecule has 1 aromatic carbocycles. The highest BCUT2D eigenvalue weighted by Crippen LogP contribution is 2.44. The summed E-state index contributed by atoms with van der Waals surface area (Å²) in [5, 5.41) is 3.37. The summed E-state index contributed by atoms with van der Waals surface area (Å²) in [4.78, 5) is 14.4. The fourth-order valence-corrected chi connectivity index (χ4v) is 3.94. The van der Waals surface area contributed by atoms with Gasteiger partial charge in [0.25, 0.3) is 0 Å². The Hall–Kier alpha value is -1.40. The van der Waals surface area contributed by atoms with E-state index in [1.807, 2.05) is 30.0 Å². The van der Waals surface area contributed by atoms with E-state index in [0.29, 0.717) is 24.1 Å². The number of carbonyl (C=O) groups excluding carboxylic acids is 1. The molecule has 128 valence electrons. The van der Waals surface area contributed by atoms with Crippen molar-refractivity contribution < 1.29 is 14.3 Å². The van der Waals surface area contributed by atoms with E-state index < -0.39 is 0 Å². The van der Waals surface area contributed by atoms with Crippen LogP contribution in [0.4, 0.5) is 0 Å². The highest BCUT2D eigenvalue weighted by atomic mass is 32.2. The Morgan fingerprint density at radius 1 is 1.26 bits per heavy atom. The molecule has 1 fully saturated rings. The summed E-state index contributed by atoms with van der Waals surface area (Å²) in [6.07, 6.45) is 0. The van der Waals surface area contributed by atoms with E-state index in [9.17, 15) is 4.79 Å². The average Bonchev–Trinajstić information content (AvgIpc) is 2.82. The van der Waals surface area contributed by atoms with Crippen LogP contribution in [-0.4, -0.2) is 49.4 Å². The molecule has 1 aliphatic heterocycles. The minimum Gasteiger partial charge on any atom is -0.493 e. The van der Waals surface area contributed by atoms with Crippen molar-refractivity contribution in [3.05, 3.63) is 23.8 Å². The topological polar surface area (TPSA) is 50.8 Å². The maximum absolute atomic E-state index is 12.5. The van der Waals surface area contributed by atoms with Crippen LogP contribution in [0.25, 0.3) is 0 Å². The molecule has 1 N–H and O–H groups in total. The predicted octanol–water partition coefficient (Wildman–Crippen LogP) is 2.66. The minimum atomic E-state index is -0.0212. The number of rotatable bonds is 7. The second-order valence-corrected chi connectivity index (χ2v) is 7.31. The summed E-state index contributed by atoms with van der Waals surface area (Å²) in [5.74, 6) is 1.59. The molecule has 1 aromatic rings. The van der Waals surface area contributed by atoms with Crippen LogP contribution in [0.1, 0.15) is 31.7 Å². The molecule has 0 bridgehead atoms. The molecule has 1 saturated heterocycles. The lowest BCUT2D eigenvalue weighted by Gasteiger charge is -2.25. The number of benzene rings is 1. The molecule has 0 aromatic heterocycles. The van der Waals surface area contributed by atoms with Crippen LogP contribution >= 0.6 is 11.8 Å². The van der Waals surface area contributed by atoms with E-state index >= 15 is 0 Å². The van der Waals surface area contributed by atoms with Gasteiger partial charge in [0, 0.05) is 19.1 Å². The van der Waals surface area contributed by atoms with Crippen LogP contribution in [0.15, 0.2) is 18.2 Å². The fourth-order valence-electron chi connectivity index (χ4n) is 2.64. The predicted molar refractivity (Wildman–Crippen MR) is 94.2 cm³/mol. The van der Waals surface area contributed by atoms with Gasteiger partial charge in [-0.3, -0.25) is 4.79 Å². The Bertz CT molecular complexity index is 551. The van der Waals surface area contributed by atoms with Crippen LogP contribution in [0.5, 0.6) is 11.5 Å². The Morgan fingerprint density at radius 3 is 2.57 bits per heavy atom. The Kier molecular flexibility index (Phi) is 6.18. The standard InChI is InChI=1S/C17H26N2O3S/c1-11(2)18-8-9-19-16(20)12(3)23-17(19)13-6-7-14(21-4)15(10-13)22-5/h6-7,10-12,17-18H,8-9H2,1-5H3/t12-,17+/m0/s1. The van der Waals surface area contributed by atoms with Crippen LogP contribution in [-0.2, 0) is 4.79 Å². The third kappa shape index (κ3) is 4.12. The molecule has 0 spiro atoms. The van der Waals surface area contributed by atoms with Crippen LogP contribution < -0.4 is 14.8 Å². The number of nitrogens with one attached hydrogen (secondary N) is 1. The second kappa shape index (κ2) is 7.93. The molecule has 0 saturated carbocycles. The molecule has 0 aliphatic carbocycles. The highest BCUT2D eigenvalue weighted by Gasteiger charge is 2.38. The van der Waals surface area contributed by atoms with Crippen molar-refractivity contribution in [3.8, 4) is 11.5 Å². The SMILES string of the molecule is COc1ccc([C@H]2S[C@@H](C)C(=O)N2CCNC(C)C)cc1OC. The summed E-state index contributed by atoms with van der Waals surface area (Å²) in [6, 6.07) is 6.28. The number of thioether (sulfide) groups is 1. The van der Waals surface area contributed by atoms with Crippen molar-refractivity contribution in [2.45, 2.75) is 37.4 Å². The summed E-state index contributed by atoms with van der Waals surface area (Å²) in [5.41, 5.74) is 1.06. The van der Waals surface area contributed by atoms with Gasteiger partial charge < -0.3 is 19.7 Å². The molecule has 2 atom stereocenters. The van der Waals surface area contributed by atoms with E-state index in [1.54, 1.807) is 26.0 Å². The van der Waals surface area contributed by atoms with Crippen LogP contribution in [0.3, 0.4) is 0 Å². The lowest BCUT2D eigenvalue weighted by Crippen LogP contribution is -2.38. The van der Waals surface area contributed by atoms with Gasteiger partial charge in [-0.25, -0.2) is 0 Å². The molecule has 23 heavy (non-hydrogen) atoms. The van der Waals surface area contributed by atoms with E-state index in [0.717, 1.165) is 12.1 Å². The summed E-state index contributed by atoms with van der Waals surface area (Å²) >= 11 is 1.68. The van der Waals surface area contributed by atoms with Crippen molar-refractivity contribution in [1.29, 1.82) is 0 Å². The van der Waals surface area contributed by atoms with Crippen LogP contribution in [0, 0.1) is 0 Å². The number of hydrogen-bond donors (Lipinski definition) is 1. The first-order chi connectivity index (χ1) is 11.0. The van der Waals surface area contributed by atoms with Crippen molar-refractivity contribution in [1.82, 2.24) is 10.2 Å². The van der Waals surface area contributed by atoms with Gasteiger partial charge in [-0.05, 0) is 24.6 Å². The number of hydrogen-bond acceptors (Lipinski definition) is 5. The quantitative estimate of drug-likeness (QED) is 0.828. The molecule has 1 aliphatic rings. The zero-order valence-corrected chi connectivity index (χ0v) is 15.3.